The fourth-order valence-corrected chi connectivity index (χ4v) is 3.27. The zero-order valence-corrected chi connectivity index (χ0v) is 17.8. The number of ether oxygens (including phenoxy) is 3. The molecule has 0 unspecified atom stereocenters. The molecule has 0 saturated heterocycles. The van der Waals surface area contributed by atoms with Gasteiger partial charge in [0.2, 0.25) is 5.71 Å². The summed E-state index contributed by atoms with van der Waals surface area (Å²) in [4.78, 5) is 23.1. The van der Waals surface area contributed by atoms with Crippen molar-refractivity contribution < 1.29 is 23.4 Å². The summed E-state index contributed by atoms with van der Waals surface area (Å²) in [5.41, 5.74) is 7.68. The molecule has 9 heteroatoms. The highest BCUT2D eigenvalue weighted by Crippen LogP contribution is 2.29. The van der Waals surface area contributed by atoms with Crippen molar-refractivity contribution >= 4 is 22.9 Å². The normalized spacial score (nSPS) is 11.1. The molecule has 0 aliphatic heterocycles. The van der Waals surface area contributed by atoms with E-state index in [9.17, 15) is 4.79 Å². The predicted molar refractivity (Wildman–Crippen MR) is 112 cm³/mol. The minimum absolute atomic E-state index is 0.185. The van der Waals surface area contributed by atoms with Gasteiger partial charge in [-0.1, -0.05) is 6.07 Å². The Bertz CT molecular complexity index is 1060. The molecule has 0 atom stereocenters. The van der Waals surface area contributed by atoms with Crippen LogP contribution >= 0.6 is 0 Å². The number of aryl methyl sites for hydroxylation is 1. The molecular formula is C21H26N4O5. The maximum atomic E-state index is 12.2. The van der Waals surface area contributed by atoms with E-state index >= 15 is 0 Å². The second-order valence-electron chi connectivity index (χ2n) is 6.81. The van der Waals surface area contributed by atoms with Crippen LogP contribution in [0.15, 0.2) is 22.6 Å². The molecule has 2 N–H and O–H groups in total. The number of hydrogen-bond acceptors (Lipinski definition) is 9. The number of hydrogen-bond donors (Lipinski definition) is 1. The molecule has 0 amide bonds. The minimum Gasteiger partial charge on any atom is -0.497 e. The SMILES string of the molecule is CCOC(=O)c1c(C)oc2nc(CN(C)Cc3ccc(OC)cc3OC)nc(N)c12. The van der Waals surface area contributed by atoms with Crippen LogP contribution in [0, 0.1) is 6.92 Å². The van der Waals surface area contributed by atoms with Gasteiger partial charge in [0, 0.05) is 18.2 Å². The van der Waals surface area contributed by atoms with Crippen molar-refractivity contribution in [2.45, 2.75) is 26.9 Å². The Labute approximate surface area is 174 Å². The smallest absolute Gasteiger partial charge is 0.342 e. The van der Waals surface area contributed by atoms with Gasteiger partial charge in [-0.15, -0.1) is 0 Å². The number of nitrogen functional groups attached to an aromatic ring is 1. The average molecular weight is 414 g/mol. The Morgan fingerprint density at radius 3 is 2.63 bits per heavy atom. The highest BCUT2D eigenvalue weighted by Gasteiger charge is 2.24. The largest absolute Gasteiger partial charge is 0.497 e. The van der Waals surface area contributed by atoms with Gasteiger partial charge in [-0.05, 0) is 27.0 Å². The lowest BCUT2D eigenvalue weighted by Crippen LogP contribution is -2.20. The Kier molecular flexibility index (Phi) is 6.41. The average Bonchev–Trinajstić information content (AvgIpc) is 3.04. The highest BCUT2D eigenvalue weighted by molar-refractivity contribution is 6.07. The van der Waals surface area contributed by atoms with Crippen LogP contribution in [-0.2, 0) is 17.8 Å². The van der Waals surface area contributed by atoms with Crippen LogP contribution in [0.2, 0.25) is 0 Å². The number of methoxy groups -OCH3 is 2. The van der Waals surface area contributed by atoms with Crippen molar-refractivity contribution in [2.24, 2.45) is 0 Å². The van der Waals surface area contributed by atoms with Gasteiger partial charge >= 0.3 is 5.97 Å². The van der Waals surface area contributed by atoms with E-state index in [0.717, 1.165) is 17.1 Å². The molecule has 0 aliphatic rings. The number of carbonyl (C=O) groups excluding carboxylic acids is 1. The number of rotatable bonds is 8. The maximum Gasteiger partial charge on any atom is 0.342 e. The third kappa shape index (κ3) is 4.30. The number of anilines is 1. The second-order valence-corrected chi connectivity index (χ2v) is 6.81. The standard InChI is InChI=1S/C21H26N4O5/c1-6-29-21(26)17-12(2)30-20-18(17)19(22)23-16(24-20)11-25(3)10-13-7-8-14(27-4)9-15(13)28-5/h7-9H,6,10-11H2,1-5H3,(H2,22,23,24). The molecular weight excluding hydrogens is 388 g/mol. The van der Waals surface area contributed by atoms with Crippen LogP contribution in [0.1, 0.15) is 34.4 Å². The van der Waals surface area contributed by atoms with Crippen LogP contribution < -0.4 is 15.2 Å². The van der Waals surface area contributed by atoms with Gasteiger partial charge in [-0.2, -0.15) is 4.98 Å². The van der Waals surface area contributed by atoms with E-state index in [1.54, 1.807) is 28.1 Å². The van der Waals surface area contributed by atoms with Crippen molar-refractivity contribution in [1.82, 2.24) is 14.9 Å². The highest BCUT2D eigenvalue weighted by atomic mass is 16.5. The lowest BCUT2D eigenvalue weighted by Gasteiger charge is -2.18. The van der Waals surface area contributed by atoms with Crippen molar-refractivity contribution in [1.29, 1.82) is 0 Å². The third-order valence-corrected chi connectivity index (χ3v) is 4.63. The van der Waals surface area contributed by atoms with Gasteiger partial charge in [0.05, 0.1) is 32.8 Å². The summed E-state index contributed by atoms with van der Waals surface area (Å²) in [6.07, 6.45) is 0. The van der Waals surface area contributed by atoms with Crippen LogP contribution in [-0.4, -0.2) is 48.7 Å². The zero-order valence-electron chi connectivity index (χ0n) is 17.8. The number of benzene rings is 1. The van der Waals surface area contributed by atoms with Crippen LogP contribution in [0.25, 0.3) is 11.1 Å². The van der Waals surface area contributed by atoms with E-state index in [0.29, 0.717) is 30.1 Å². The summed E-state index contributed by atoms with van der Waals surface area (Å²) in [6, 6.07) is 5.68. The Morgan fingerprint density at radius 2 is 1.97 bits per heavy atom. The molecule has 3 rings (SSSR count). The first-order valence-electron chi connectivity index (χ1n) is 9.49. The summed E-state index contributed by atoms with van der Waals surface area (Å²) >= 11 is 0. The van der Waals surface area contributed by atoms with E-state index in [1.807, 2.05) is 30.1 Å². The number of nitrogens with two attached hydrogens (primary N) is 1. The molecule has 1 aromatic carbocycles. The van der Waals surface area contributed by atoms with E-state index in [-0.39, 0.29) is 23.7 Å². The molecule has 0 saturated carbocycles. The molecule has 160 valence electrons. The Morgan fingerprint density at radius 1 is 1.20 bits per heavy atom. The lowest BCUT2D eigenvalue weighted by atomic mass is 10.1. The number of fused-ring (bicyclic) bond motifs is 1. The first kappa shape index (κ1) is 21.4. The van der Waals surface area contributed by atoms with Gasteiger partial charge in [-0.25, -0.2) is 9.78 Å². The molecule has 0 bridgehead atoms. The van der Waals surface area contributed by atoms with E-state index in [4.69, 9.17) is 24.4 Å². The summed E-state index contributed by atoms with van der Waals surface area (Å²) in [5.74, 6) is 2.03. The Balaban J connectivity index is 1.83. The van der Waals surface area contributed by atoms with E-state index < -0.39 is 5.97 Å². The molecule has 3 aromatic rings. The first-order chi connectivity index (χ1) is 14.4. The molecule has 0 spiro atoms. The van der Waals surface area contributed by atoms with Crippen molar-refractivity contribution in [3.8, 4) is 11.5 Å². The molecule has 2 heterocycles. The number of aromatic nitrogens is 2. The number of esters is 1. The van der Waals surface area contributed by atoms with Gasteiger partial charge in [-0.3, -0.25) is 4.90 Å². The first-order valence-corrected chi connectivity index (χ1v) is 9.49. The number of furan rings is 1. The van der Waals surface area contributed by atoms with Gasteiger partial charge in [0.1, 0.15) is 34.5 Å². The lowest BCUT2D eigenvalue weighted by molar-refractivity contribution is 0.0526. The molecule has 0 fully saturated rings. The zero-order chi connectivity index (χ0) is 21.8. The molecule has 30 heavy (non-hydrogen) atoms. The fraction of sp³-hybridized carbons (Fsp3) is 0.381. The van der Waals surface area contributed by atoms with Gasteiger partial charge in [0.25, 0.3) is 0 Å². The summed E-state index contributed by atoms with van der Waals surface area (Å²) in [5, 5.41) is 0.383. The minimum atomic E-state index is -0.500. The summed E-state index contributed by atoms with van der Waals surface area (Å²) in [6.45, 7) is 4.68. The number of carbonyl (C=O) groups is 1. The molecule has 9 nitrogen and oxygen atoms in total. The second kappa shape index (κ2) is 9.00. The summed E-state index contributed by atoms with van der Waals surface area (Å²) in [7, 11) is 5.17. The topological polar surface area (TPSA) is 113 Å². The maximum absolute atomic E-state index is 12.2. The molecule has 0 radical (unpaired) electrons. The van der Waals surface area contributed by atoms with Gasteiger partial charge < -0.3 is 24.4 Å². The van der Waals surface area contributed by atoms with E-state index in [1.165, 1.54) is 0 Å². The third-order valence-electron chi connectivity index (χ3n) is 4.63. The fourth-order valence-electron chi connectivity index (χ4n) is 3.27. The van der Waals surface area contributed by atoms with Gasteiger partial charge in [0.15, 0.2) is 0 Å². The monoisotopic (exact) mass is 414 g/mol. The molecule has 0 aliphatic carbocycles. The quantitative estimate of drug-likeness (QED) is 0.556. The van der Waals surface area contributed by atoms with Crippen LogP contribution in [0.4, 0.5) is 5.82 Å². The van der Waals surface area contributed by atoms with Crippen LogP contribution in [0.3, 0.4) is 0 Å². The number of nitrogens with zero attached hydrogens (tertiary/aromatic N) is 3. The van der Waals surface area contributed by atoms with Crippen molar-refractivity contribution in [3.63, 3.8) is 0 Å². The summed E-state index contributed by atoms with van der Waals surface area (Å²) < 4.78 is 21.5. The van der Waals surface area contributed by atoms with Crippen molar-refractivity contribution in [3.05, 3.63) is 40.9 Å². The molecule has 2 aromatic heterocycles. The van der Waals surface area contributed by atoms with Crippen LogP contribution in [0.5, 0.6) is 11.5 Å². The Hall–Kier alpha value is -3.33. The van der Waals surface area contributed by atoms with E-state index in [2.05, 4.69) is 9.97 Å². The predicted octanol–water partition coefficient (Wildman–Crippen LogP) is 2.94. The van der Waals surface area contributed by atoms with Crippen molar-refractivity contribution in [2.75, 3.05) is 33.6 Å².